The number of halogens is 2. The van der Waals surface area contributed by atoms with Crippen molar-refractivity contribution in [3.63, 3.8) is 0 Å². The summed E-state index contributed by atoms with van der Waals surface area (Å²) in [6.07, 6.45) is 2.08. The van der Waals surface area contributed by atoms with Gasteiger partial charge in [-0.25, -0.2) is 9.48 Å². The molecule has 0 aliphatic heterocycles. The second kappa shape index (κ2) is 5.82. The molecule has 3 aromatic rings. The lowest BCUT2D eigenvalue weighted by atomic mass is 10.2. The molecule has 0 saturated heterocycles. The van der Waals surface area contributed by atoms with Crippen LogP contribution in [0.25, 0.3) is 10.7 Å². The van der Waals surface area contributed by atoms with Crippen LogP contribution in [0.15, 0.2) is 40.5 Å². The van der Waals surface area contributed by atoms with Crippen LogP contribution in [0.5, 0.6) is 0 Å². The maximum absolute atomic E-state index is 12.7. The Morgan fingerprint density at radius 2 is 2.04 bits per heavy atom. The highest BCUT2D eigenvalue weighted by Gasteiger charge is 2.30. The summed E-state index contributed by atoms with van der Waals surface area (Å²) in [5.41, 5.74) is 0.835. The van der Waals surface area contributed by atoms with Gasteiger partial charge >= 0.3 is 5.69 Å². The highest BCUT2D eigenvalue weighted by Crippen LogP contribution is 2.37. The van der Waals surface area contributed by atoms with Gasteiger partial charge < -0.3 is 0 Å². The molecule has 0 N–H and O–H groups in total. The van der Waals surface area contributed by atoms with Gasteiger partial charge in [0.05, 0.1) is 21.5 Å². The average molecular weight is 366 g/mol. The normalized spacial score (nSPS) is 14.3. The number of rotatable bonds is 4. The second-order valence-corrected chi connectivity index (χ2v) is 7.35. The molecular formula is C16H13Cl2N3OS. The Morgan fingerprint density at radius 1 is 1.22 bits per heavy atom. The van der Waals surface area contributed by atoms with E-state index in [2.05, 4.69) is 5.10 Å². The molecule has 118 valence electrons. The lowest BCUT2D eigenvalue weighted by molar-refractivity contribution is 0.626. The van der Waals surface area contributed by atoms with E-state index in [1.54, 1.807) is 23.5 Å². The van der Waals surface area contributed by atoms with E-state index in [1.165, 1.54) is 4.68 Å². The van der Waals surface area contributed by atoms with Gasteiger partial charge in [0.25, 0.3) is 0 Å². The number of benzene rings is 1. The summed E-state index contributed by atoms with van der Waals surface area (Å²) in [5, 5.41) is 7.55. The predicted molar refractivity (Wildman–Crippen MR) is 93.6 cm³/mol. The van der Waals surface area contributed by atoms with E-state index in [1.807, 2.05) is 28.1 Å². The highest BCUT2D eigenvalue weighted by atomic mass is 35.5. The number of aromatic nitrogens is 3. The Hall–Kier alpha value is -1.56. The first kappa shape index (κ1) is 15.0. The minimum Gasteiger partial charge on any atom is -0.271 e. The van der Waals surface area contributed by atoms with Gasteiger partial charge in [-0.1, -0.05) is 35.3 Å². The van der Waals surface area contributed by atoms with Gasteiger partial charge in [-0.2, -0.15) is 0 Å². The molecule has 1 aromatic carbocycles. The van der Waals surface area contributed by atoms with Crippen LogP contribution < -0.4 is 5.69 Å². The van der Waals surface area contributed by atoms with Crippen LogP contribution >= 0.6 is 34.5 Å². The minimum atomic E-state index is -0.0676. The molecule has 0 atom stereocenters. The smallest absolute Gasteiger partial charge is 0.271 e. The third-order valence-corrected chi connectivity index (χ3v) is 5.45. The van der Waals surface area contributed by atoms with E-state index in [-0.39, 0.29) is 11.7 Å². The molecule has 7 heteroatoms. The summed E-state index contributed by atoms with van der Waals surface area (Å²) >= 11 is 13.6. The number of hydrogen-bond acceptors (Lipinski definition) is 3. The topological polar surface area (TPSA) is 39.8 Å². The van der Waals surface area contributed by atoms with Crippen molar-refractivity contribution >= 4 is 34.5 Å². The fraction of sp³-hybridized carbons (Fsp3) is 0.250. The van der Waals surface area contributed by atoms with Gasteiger partial charge in [-0.15, -0.1) is 16.4 Å². The van der Waals surface area contributed by atoms with Crippen LogP contribution in [0.4, 0.5) is 0 Å². The van der Waals surface area contributed by atoms with Crippen LogP contribution in [0, 0.1) is 0 Å². The summed E-state index contributed by atoms with van der Waals surface area (Å²) in [6, 6.07) is 9.62. The molecule has 4 rings (SSSR count). The Labute approximate surface area is 146 Å². The van der Waals surface area contributed by atoms with E-state index >= 15 is 0 Å². The number of thiophene rings is 1. The van der Waals surface area contributed by atoms with Crippen LogP contribution in [-0.4, -0.2) is 14.3 Å². The molecule has 1 saturated carbocycles. The Morgan fingerprint density at radius 3 is 2.70 bits per heavy atom. The van der Waals surface area contributed by atoms with Gasteiger partial charge in [-0.3, -0.25) is 4.57 Å². The van der Waals surface area contributed by atoms with E-state index in [9.17, 15) is 4.79 Å². The molecular weight excluding hydrogens is 353 g/mol. The van der Waals surface area contributed by atoms with E-state index in [0.717, 1.165) is 29.1 Å². The Kier molecular flexibility index (Phi) is 3.79. The Bertz CT molecular complexity index is 910. The monoisotopic (exact) mass is 365 g/mol. The number of nitrogens with zero attached hydrogens (tertiary/aromatic N) is 3. The Balaban J connectivity index is 1.76. The molecule has 1 aliphatic carbocycles. The summed E-state index contributed by atoms with van der Waals surface area (Å²) < 4.78 is 3.33. The van der Waals surface area contributed by atoms with Crippen molar-refractivity contribution in [1.82, 2.24) is 14.3 Å². The quantitative estimate of drug-likeness (QED) is 0.684. The first-order chi connectivity index (χ1) is 11.1. The van der Waals surface area contributed by atoms with E-state index in [0.29, 0.717) is 16.6 Å². The SMILES string of the molecule is O=c1n(Cc2ccc(Cl)c(Cl)c2)nc(-c2cccs2)n1C1CC1. The molecule has 0 spiro atoms. The van der Waals surface area contributed by atoms with Crippen molar-refractivity contribution in [2.75, 3.05) is 0 Å². The van der Waals surface area contributed by atoms with Crippen LogP contribution in [-0.2, 0) is 6.54 Å². The fourth-order valence-corrected chi connectivity index (χ4v) is 3.60. The first-order valence-electron chi connectivity index (χ1n) is 7.30. The zero-order chi connectivity index (χ0) is 16.0. The maximum Gasteiger partial charge on any atom is 0.346 e. The molecule has 0 bridgehead atoms. The minimum absolute atomic E-state index is 0.0676. The molecule has 0 unspecified atom stereocenters. The highest BCUT2D eigenvalue weighted by molar-refractivity contribution is 7.13. The second-order valence-electron chi connectivity index (χ2n) is 5.59. The lowest BCUT2D eigenvalue weighted by Gasteiger charge is -2.02. The third-order valence-electron chi connectivity index (χ3n) is 3.84. The lowest BCUT2D eigenvalue weighted by Crippen LogP contribution is -2.25. The summed E-state index contributed by atoms with van der Waals surface area (Å²) in [6.45, 7) is 0.383. The fourth-order valence-electron chi connectivity index (χ4n) is 2.57. The van der Waals surface area contributed by atoms with E-state index < -0.39 is 0 Å². The average Bonchev–Trinajstić information content (AvgIpc) is 3.11. The molecule has 0 radical (unpaired) electrons. The van der Waals surface area contributed by atoms with Crippen molar-refractivity contribution in [1.29, 1.82) is 0 Å². The van der Waals surface area contributed by atoms with Gasteiger partial charge in [0.1, 0.15) is 0 Å². The molecule has 1 fully saturated rings. The van der Waals surface area contributed by atoms with Gasteiger partial charge in [0.2, 0.25) is 0 Å². The van der Waals surface area contributed by atoms with Crippen molar-refractivity contribution < 1.29 is 0 Å². The molecule has 4 nitrogen and oxygen atoms in total. The maximum atomic E-state index is 12.7. The first-order valence-corrected chi connectivity index (χ1v) is 8.94. The predicted octanol–water partition coefficient (Wildman–Crippen LogP) is 4.46. The number of hydrogen-bond donors (Lipinski definition) is 0. The van der Waals surface area contributed by atoms with Crippen LogP contribution in [0.1, 0.15) is 24.4 Å². The van der Waals surface area contributed by atoms with Gasteiger partial charge in [0.15, 0.2) is 5.82 Å². The summed E-state index contributed by atoms with van der Waals surface area (Å²) in [7, 11) is 0. The van der Waals surface area contributed by atoms with E-state index in [4.69, 9.17) is 23.2 Å². The van der Waals surface area contributed by atoms with Crippen molar-refractivity contribution in [3.8, 4) is 10.7 Å². The molecule has 2 aromatic heterocycles. The molecule has 23 heavy (non-hydrogen) atoms. The summed E-state index contributed by atoms with van der Waals surface area (Å²) in [5.74, 6) is 0.757. The van der Waals surface area contributed by atoms with Crippen LogP contribution in [0.2, 0.25) is 10.0 Å². The largest absolute Gasteiger partial charge is 0.346 e. The molecule has 0 amide bonds. The zero-order valence-corrected chi connectivity index (χ0v) is 14.4. The standard InChI is InChI=1S/C16H13Cl2N3OS/c17-12-6-3-10(8-13(12)18)9-20-16(22)21(11-4-5-11)15(19-20)14-2-1-7-23-14/h1-3,6-8,11H,4-5,9H2. The van der Waals surface area contributed by atoms with Crippen LogP contribution in [0.3, 0.4) is 0 Å². The zero-order valence-electron chi connectivity index (χ0n) is 12.1. The van der Waals surface area contributed by atoms with Crippen molar-refractivity contribution in [3.05, 3.63) is 61.8 Å². The van der Waals surface area contributed by atoms with Crippen molar-refractivity contribution in [2.45, 2.75) is 25.4 Å². The van der Waals surface area contributed by atoms with Crippen molar-refractivity contribution in [2.24, 2.45) is 0 Å². The third kappa shape index (κ3) is 2.84. The molecule has 1 aliphatic rings. The van der Waals surface area contributed by atoms with Gasteiger partial charge in [0, 0.05) is 6.04 Å². The summed E-state index contributed by atoms with van der Waals surface area (Å²) in [4.78, 5) is 13.7. The molecule has 2 heterocycles. The van der Waals surface area contributed by atoms with Gasteiger partial charge in [-0.05, 0) is 42.0 Å².